The van der Waals surface area contributed by atoms with Crippen LogP contribution in [0.15, 0.2) is 18.2 Å². The smallest absolute Gasteiger partial charge is 0.227 e. The maximum Gasteiger partial charge on any atom is 0.227 e. The predicted octanol–water partition coefficient (Wildman–Crippen LogP) is 2.91. The number of nitrogens with zero attached hydrogens (tertiary/aromatic N) is 1. The summed E-state index contributed by atoms with van der Waals surface area (Å²) in [5, 5.41) is 0.620. The molecule has 1 aromatic carbocycles. The molecule has 1 amide bonds. The van der Waals surface area contributed by atoms with Crippen LogP contribution in [0.4, 0.5) is 8.78 Å². The number of benzene rings is 1. The summed E-state index contributed by atoms with van der Waals surface area (Å²) in [5.41, 5.74) is -0.369. The Bertz CT molecular complexity index is 536. The minimum absolute atomic E-state index is 0.0830. The molecule has 0 spiro atoms. The van der Waals surface area contributed by atoms with Crippen LogP contribution in [-0.2, 0) is 16.0 Å². The molecular weight excluding hydrogens is 344 g/mol. The molecule has 1 fully saturated rings. The zero-order valence-electron chi connectivity index (χ0n) is 12.0. The van der Waals surface area contributed by atoms with Gasteiger partial charge < -0.3 is 9.64 Å². The van der Waals surface area contributed by atoms with Gasteiger partial charge in [0.15, 0.2) is 11.6 Å². The quantitative estimate of drug-likeness (QED) is 0.774. The molecule has 3 nitrogen and oxygen atoms in total. The molecule has 0 aromatic heterocycles. The third-order valence-corrected chi connectivity index (χ3v) is 4.10. The Kier molecular flexibility index (Phi) is 4.99. The van der Waals surface area contributed by atoms with Gasteiger partial charge in [0, 0.05) is 24.0 Å². The molecule has 1 aliphatic rings. The van der Waals surface area contributed by atoms with E-state index in [-0.39, 0.29) is 24.0 Å². The Hall–Kier alpha value is -1.01. The standard InChI is InChI=1S/C15H18BrF2NO2/c1-15(2)9-19(8-11(7-16)21-15)13(20)6-10-4-3-5-12(17)14(10)18/h3-5,11H,6-9H2,1-2H3. The summed E-state index contributed by atoms with van der Waals surface area (Å²) in [6.07, 6.45) is -0.246. The SMILES string of the molecule is CC1(C)CN(C(=O)Cc2cccc(F)c2F)CC(CBr)O1. The molecular formula is C15H18BrF2NO2. The number of amides is 1. The van der Waals surface area contributed by atoms with Crippen molar-refractivity contribution in [3.8, 4) is 0 Å². The number of ether oxygens (including phenoxy) is 1. The normalized spacial score (nSPS) is 21.4. The molecule has 0 aliphatic carbocycles. The van der Waals surface area contributed by atoms with Crippen LogP contribution in [0, 0.1) is 11.6 Å². The third-order valence-electron chi connectivity index (χ3n) is 3.38. The van der Waals surface area contributed by atoms with Gasteiger partial charge in [0.2, 0.25) is 5.91 Å². The number of hydrogen-bond donors (Lipinski definition) is 0. The molecule has 116 valence electrons. The maximum atomic E-state index is 13.6. The van der Waals surface area contributed by atoms with Crippen molar-refractivity contribution in [3.05, 3.63) is 35.4 Å². The Balaban J connectivity index is 2.10. The molecule has 0 bridgehead atoms. The van der Waals surface area contributed by atoms with E-state index in [4.69, 9.17) is 4.74 Å². The minimum Gasteiger partial charge on any atom is -0.368 e. The number of rotatable bonds is 3. The molecule has 21 heavy (non-hydrogen) atoms. The van der Waals surface area contributed by atoms with Crippen LogP contribution in [0.1, 0.15) is 19.4 Å². The van der Waals surface area contributed by atoms with Crippen LogP contribution < -0.4 is 0 Å². The second-order valence-corrected chi connectivity index (χ2v) is 6.47. The lowest BCUT2D eigenvalue weighted by Gasteiger charge is -2.42. The van der Waals surface area contributed by atoms with E-state index in [1.54, 1.807) is 4.90 Å². The highest BCUT2D eigenvalue weighted by atomic mass is 79.9. The number of carbonyl (C=O) groups is 1. The summed E-state index contributed by atoms with van der Waals surface area (Å²) in [4.78, 5) is 14.0. The van der Waals surface area contributed by atoms with Crippen LogP contribution in [-0.4, -0.2) is 40.9 Å². The van der Waals surface area contributed by atoms with Crippen LogP contribution in [0.25, 0.3) is 0 Å². The van der Waals surface area contributed by atoms with Gasteiger partial charge in [-0.1, -0.05) is 28.1 Å². The van der Waals surface area contributed by atoms with Crippen molar-refractivity contribution in [3.63, 3.8) is 0 Å². The summed E-state index contributed by atoms with van der Waals surface area (Å²) in [7, 11) is 0. The molecule has 0 radical (unpaired) electrons. The van der Waals surface area contributed by atoms with Crippen LogP contribution in [0.5, 0.6) is 0 Å². The summed E-state index contributed by atoms with van der Waals surface area (Å²) < 4.78 is 32.7. The first kappa shape index (κ1) is 16.4. The number of carbonyl (C=O) groups excluding carboxylic acids is 1. The monoisotopic (exact) mass is 361 g/mol. The Morgan fingerprint density at radius 1 is 1.48 bits per heavy atom. The molecule has 1 aliphatic heterocycles. The first-order valence-electron chi connectivity index (χ1n) is 6.77. The Morgan fingerprint density at radius 2 is 2.19 bits per heavy atom. The number of halogens is 3. The van der Waals surface area contributed by atoms with E-state index in [0.717, 1.165) is 6.07 Å². The highest BCUT2D eigenvalue weighted by molar-refractivity contribution is 9.09. The predicted molar refractivity (Wildman–Crippen MR) is 79.4 cm³/mol. The number of alkyl halides is 1. The fraction of sp³-hybridized carbons (Fsp3) is 0.533. The molecule has 1 heterocycles. The highest BCUT2D eigenvalue weighted by Gasteiger charge is 2.35. The lowest BCUT2D eigenvalue weighted by molar-refractivity contribution is -0.156. The molecule has 6 heteroatoms. The number of morpholine rings is 1. The van der Waals surface area contributed by atoms with Gasteiger partial charge in [-0.25, -0.2) is 8.78 Å². The molecule has 0 saturated carbocycles. The zero-order valence-corrected chi connectivity index (χ0v) is 13.6. The number of hydrogen-bond acceptors (Lipinski definition) is 2. The zero-order chi connectivity index (χ0) is 15.6. The summed E-state index contributed by atoms with van der Waals surface area (Å²) in [6, 6.07) is 3.89. The van der Waals surface area contributed by atoms with Gasteiger partial charge in [-0.3, -0.25) is 4.79 Å². The fourth-order valence-corrected chi connectivity index (χ4v) is 2.86. The van der Waals surface area contributed by atoms with Crippen LogP contribution >= 0.6 is 15.9 Å². The van der Waals surface area contributed by atoms with E-state index in [9.17, 15) is 13.6 Å². The molecule has 0 N–H and O–H groups in total. The average Bonchev–Trinajstić information content (AvgIpc) is 2.42. The first-order valence-corrected chi connectivity index (χ1v) is 7.89. The van der Waals surface area contributed by atoms with Crippen molar-refractivity contribution >= 4 is 21.8 Å². The van der Waals surface area contributed by atoms with Gasteiger partial charge in [-0.05, 0) is 19.9 Å². The third kappa shape index (κ3) is 4.01. The van der Waals surface area contributed by atoms with E-state index in [2.05, 4.69) is 15.9 Å². The van der Waals surface area contributed by atoms with Gasteiger partial charge in [0.1, 0.15) is 0 Å². The van der Waals surface area contributed by atoms with E-state index in [1.165, 1.54) is 12.1 Å². The Labute approximate surface area is 131 Å². The van der Waals surface area contributed by atoms with Crippen LogP contribution in [0.2, 0.25) is 0 Å². The van der Waals surface area contributed by atoms with Crippen molar-refractivity contribution < 1.29 is 18.3 Å². The van der Waals surface area contributed by atoms with E-state index in [1.807, 2.05) is 13.8 Å². The molecule has 1 saturated heterocycles. The Morgan fingerprint density at radius 3 is 2.86 bits per heavy atom. The van der Waals surface area contributed by atoms with Gasteiger partial charge >= 0.3 is 0 Å². The van der Waals surface area contributed by atoms with E-state index in [0.29, 0.717) is 18.4 Å². The van der Waals surface area contributed by atoms with Gasteiger partial charge in [-0.15, -0.1) is 0 Å². The van der Waals surface area contributed by atoms with Crippen molar-refractivity contribution in [1.29, 1.82) is 0 Å². The molecule has 1 aromatic rings. The first-order chi connectivity index (χ1) is 9.82. The fourth-order valence-electron chi connectivity index (χ4n) is 2.53. The summed E-state index contributed by atoms with van der Waals surface area (Å²) in [5.74, 6) is -2.10. The minimum atomic E-state index is -0.949. The van der Waals surface area contributed by atoms with E-state index >= 15 is 0 Å². The van der Waals surface area contributed by atoms with Crippen molar-refractivity contribution in [2.75, 3.05) is 18.4 Å². The van der Waals surface area contributed by atoms with Crippen molar-refractivity contribution in [2.24, 2.45) is 0 Å². The molecule has 1 unspecified atom stereocenters. The van der Waals surface area contributed by atoms with Crippen molar-refractivity contribution in [1.82, 2.24) is 4.90 Å². The second kappa shape index (κ2) is 6.40. The lowest BCUT2D eigenvalue weighted by Crippen LogP contribution is -2.55. The topological polar surface area (TPSA) is 29.5 Å². The maximum absolute atomic E-state index is 13.6. The molecule has 2 rings (SSSR count). The van der Waals surface area contributed by atoms with E-state index < -0.39 is 17.2 Å². The van der Waals surface area contributed by atoms with Crippen molar-refractivity contribution in [2.45, 2.75) is 32.0 Å². The van der Waals surface area contributed by atoms with Gasteiger partial charge in [-0.2, -0.15) is 0 Å². The average molecular weight is 362 g/mol. The van der Waals surface area contributed by atoms with Gasteiger partial charge in [0.25, 0.3) is 0 Å². The largest absolute Gasteiger partial charge is 0.368 e. The summed E-state index contributed by atoms with van der Waals surface area (Å²) >= 11 is 3.35. The molecule has 1 atom stereocenters. The highest BCUT2D eigenvalue weighted by Crippen LogP contribution is 2.23. The second-order valence-electron chi connectivity index (χ2n) is 5.82. The summed E-state index contributed by atoms with van der Waals surface area (Å²) in [6.45, 7) is 4.70. The van der Waals surface area contributed by atoms with Crippen LogP contribution in [0.3, 0.4) is 0 Å². The van der Waals surface area contributed by atoms with Gasteiger partial charge in [0.05, 0.1) is 18.1 Å². The lowest BCUT2D eigenvalue weighted by atomic mass is 10.0.